The first kappa shape index (κ1) is 12.8. The number of piperidine rings is 1. The van der Waals surface area contributed by atoms with Gasteiger partial charge in [0.15, 0.2) is 0 Å². The summed E-state index contributed by atoms with van der Waals surface area (Å²) in [6.07, 6.45) is -4.14. The second-order valence-corrected chi connectivity index (χ2v) is 4.42. The Bertz CT molecular complexity index is 224. The molecule has 0 spiro atoms. The molecule has 1 aliphatic heterocycles. The van der Waals surface area contributed by atoms with E-state index in [-0.39, 0.29) is 0 Å². The lowest BCUT2D eigenvalue weighted by Crippen LogP contribution is -2.40. The van der Waals surface area contributed by atoms with Gasteiger partial charge in [-0.05, 0) is 18.8 Å². The fraction of sp³-hybridized carbons (Fsp3) is 0.889. The van der Waals surface area contributed by atoms with Gasteiger partial charge in [-0.15, -0.1) is 0 Å². The highest BCUT2D eigenvalue weighted by Gasteiger charge is 2.34. The van der Waals surface area contributed by atoms with E-state index < -0.39 is 18.5 Å². The normalized spacial score (nSPS) is 19.3. The second-order valence-electron chi connectivity index (χ2n) is 3.77. The average molecular weight is 288 g/mol. The third-order valence-electron chi connectivity index (χ3n) is 2.54. The molecule has 1 saturated heterocycles. The van der Waals surface area contributed by atoms with E-state index in [4.69, 9.17) is 0 Å². The van der Waals surface area contributed by atoms with Crippen LogP contribution in [0.15, 0.2) is 0 Å². The Morgan fingerprint density at radius 3 is 2.27 bits per heavy atom. The molecular formula is C9H13BrF3NO. The molecule has 1 aliphatic rings. The van der Waals surface area contributed by atoms with Crippen LogP contribution < -0.4 is 0 Å². The predicted molar refractivity (Wildman–Crippen MR) is 53.8 cm³/mol. The highest BCUT2D eigenvalue weighted by atomic mass is 79.9. The first-order valence-corrected chi connectivity index (χ1v) is 5.95. The van der Waals surface area contributed by atoms with Gasteiger partial charge in [0.2, 0.25) is 5.91 Å². The maximum Gasteiger partial charge on any atom is 0.397 e. The van der Waals surface area contributed by atoms with Crippen LogP contribution in [0.25, 0.3) is 0 Å². The van der Waals surface area contributed by atoms with Gasteiger partial charge in [0.05, 0.1) is 0 Å². The lowest BCUT2D eigenvalue weighted by Gasteiger charge is -2.31. The van der Waals surface area contributed by atoms with Gasteiger partial charge in [0.25, 0.3) is 0 Å². The monoisotopic (exact) mass is 287 g/mol. The first-order valence-electron chi connectivity index (χ1n) is 4.83. The minimum atomic E-state index is -4.39. The molecule has 1 rings (SSSR count). The number of nitrogens with zero attached hydrogens (tertiary/aromatic N) is 1. The Kier molecular flexibility index (Phi) is 4.43. The van der Waals surface area contributed by atoms with Gasteiger partial charge in [0.1, 0.15) is 6.42 Å². The number of halogens is 4. The maximum absolute atomic E-state index is 11.9. The number of carbonyl (C=O) groups is 1. The van der Waals surface area contributed by atoms with Gasteiger partial charge >= 0.3 is 6.18 Å². The van der Waals surface area contributed by atoms with E-state index in [1.165, 1.54) is 4.90 Å². The minimum absolute atomic E-state index is 0.450. The molecule has 0 radical (unpaired) electrons. The molecule has 1 fully saturated rings. The Balaban J connectivity index is 2.37. The number of hydrogen-bond acceptors (Lipinski definition) is 1. The van der Waals surface area contributed by atoms with Crippen LogP contribution >= 0.6 is 15.9 Å². The first-order chi connectivity index (χ1) is 6.92. The van der Waals surface area contributed by atoms with Crippen molar-refractivity contribution in [1.82, 2.24) is 4.90 Å². The summed E-state index contributed by atoms with van der Waals surface area (Å²) in [6.45, 7) is 0.899. The molecule has 0 aromatic rings. The molecule has 15 heavy (non-hydrogen) atoms. The van der Waals surface area contributed by atoms with E-state index in [0.717, 1.165) is 18.2 Å². The van der Waals surface area contributed by atoms with Crippen LogP contribution in [0.3, 0.4) is 0 Å². The topological polar surface area (TPSA) is 20.3 Å². The van der Waals surface area contributed by atoms with E-state index in [2.05, 4.69) is 15.9 Å². The van der Waals surface area contributed by atoms with Crippen molar-refractivity contribution in [3.8, 4) is 0 Å². The van der Waals surface area contributed by atoms with Crippen LogP contribution in [0.2, 0.25) is 0 Å². The van der Waals surface area contributed by atoms with Crippen molar-refractivity contribution < 1.29 is 18.0 Å². The second kappa shape index (κ2) is 5.18. The Morgan fingerprint density at radius 1 is 1.33 bits per heavy atom. The van der Waals surface area contributed by atoms with Crippen molar-refractivity contribution in [3.05, 3.63) is 0 Å². The minimum Gasteiger partial charge on any atom is -0.342 e. The van der Waals surface area contributed by atoms with E-state index in [1.54, 1.807) is 0 Å². The third kappa shape index (κ3) is 4.40. The van der Waals surface area contributed by atoms with Crippen molar-refractivity contribution in [2.75, 3.05) is 18.4 Å². The number of amides is 1. The lowest BCUT2D eigenvalue weighted by molar-refractivity contribution is -0.162. The summed E-state index contributed by atoms with van der Waals surface area (Å²) in [5.41, 5.74) is 0. The number of rotatable bonds is 2. The maximum atomic E-state index is 11.9. The van der Waals surface area contributed by atoms with Crippen molar-refractivity contribution in [2.45, 2.75) is 25.4 Å². The summed E-state index contributed by atoms with van der Waals surface area (Å²) in [5, 5.41) is 0.855. The summed E-state index contributed by atoms with van der Waals surface area (Å²) < 4.78 is 35.8. The highest BCUT2D eigenvalue weighted by molar-refractivity contribution is 9.09. The molecule has 2 nitrogen and oxygen atoms in total. The van der Waals surface area contributed by atoms with Crippen molar-refractivity contribution >= 4 is 21.8 Å². The van der Waals surface area contributed by atoms with E-state index in [1.807, 2.05) is 0 Å². The Labute approximate surface area is 94.9 Å². The van der Waals surface area contributed by atoms with Crippen LogP contribution in [0.1, 0.15) is 19.3 Å². The van der Waals surface area contributed by atoms with Gasteiger partial charge in [-0.3, -0.25) is 4.79 Å². The van der Waals surface area contributed by atoms with Crippen LogP contribution in [-0.4, -0.2) is 35.4 Å². The molecule has 0 atom stereocenters. The molecule has 0 saturated carbocycles. The van der Waals surface area contributed by atoms with Crippen LogP contribution in [0, 0.1) is 5.92 Å². The molecule has 0 aromatic carbocycles. The molecule has 6 heteroatoms. The quantitative estimate of drug-likeness (QED) is 0.715. The lowest BCUT2D eigenvalue weighted by atomic mass is 9.99. The van der Waals surface area contributed by atoms with E-state index in [0.29, 0.717) is 19.0 Å². The largest absolute Gasteiger partial charge is 0.397 e. The van der Waals surface area contributed by atoms with Crippen LogP contribution in [-0.2, 0) is 4.79 Å². The van der Waals surface area contributed by atoms with Crippen molar-refractivity contribution in [1.29, 1.82) is 0 Å². The van der Waals surface area contributed by atoms with Crippen LogP contribution in [0.4, 0.5) is 13.2 Å². The van der Waals surface area contributed by atoms with Crippen LogP contribution in [0.5, 0.6) is 0 Å². The fourth-order valence-corrected chi connectivity index (χ4v) is 2.27. The third-order valence-corrected chi connectivity index (χ3v) is 3.45. The Morgan fingerprint density at radius 2 is 1.87 bits per heavy atom. The summed E-state index contributed by atoms with van der Waals surface area (Å²) >= 11 is 3.33. The summed E-state index contributed by atoms with van der Waals surface area (Å²) in [6, 6.07) is 0. The molecule has 1 heterocycles. The van der Waals surface area contributed by atoms with Gasteiger partial charge in [-0.25, -0.2) is 0 Å². The molecule has 88 valence electrons. The van der Waals surface area contributed by atoms with Gasteiger partial charge in [-0.1, -0.05) is 15.9 Å². The van der Waals surface area contributed by atoms with Gasteiger partial charge in [0, 0.05) is 18.4 Å². The average Bonchev–Trinajstić information content (AvgIpc) is 2.15. The molecular weight excluding hydrogens is 275 g/mol. The predicted octanol–water partition coefficient (Wildman–Crippen LogP) is 2.57. The number of hydrogen-bond donors (Lipinski definition) is 0. The summed E-state index contributed by atoms with van der Waals surface area (Å²) in [7, 11) is 0. The molecule has 1 amide bonds. The number of alkyl halides is 4. The molecule has 0 aromatic heterocycles. The molecule has 0 bridgehead atoms. The van der Waals surface area contributed by atoms with Gasteiger partial charge < -0.3 is 4.90 Å². The number of carbonyl (C=O) groups excluding carboxylic acids is 1. The summed E-state index contributed by atoms with van der Waals surface area (Å²) in [4.78, 5) is 12.5. The fourth-order valence-electron chi connectivity index (χ4n) is 1.62. The smallest absolute Gasteiger partial charge is 0.342 e. The molecule has 0 unspecified atom stereocenters. The zero-order chi connectivity index (χ0) is 11.5. The zero-order valence-corrected chi connectivity index (χ0v) is 9.77. The number of likely N-dealkylation sites (tertiary alicyclic amines) is 1. The van der Waals surface area contributed by atoms with Crippen molar-refractivity contribution in [2.24, 2.45) is 5.92 Å². The molecule has 0 aliphatic carbocycles. The van der Waals surface area contributed by atoms with E-state index >= 15 is 0 Å². The zero-order valence-electron chi connectivity index (χ0n) is 8.19. The Hall–Kier alpha value is -0.260. The summed E-state index contributed by atoms with van der Waals surface area (Å²) in [5.74, 6) is -0.310. The highest BCUT2D eigenvalue weighted by Crippen LogP contribution is 2.24. The van der Waals surface area contributed by atoms with Gasteiger partial charge in [-0.2, -0.15) is 13.2 Å². The standard InChI is InChI=1S/C9H13BrF3NO/c10-6-7-1-3-14(4-2-7)8(15)5-9(11,12)13/h7H,1-6H2. The van der Waals surface area contributed by atoms with Crippen molar-refractivity contribution in [3.63, 3.8) is 0 Å². The van der Waals surface area contributed by atoms with E-state index in [9.17, 15) is 18.0 Å². The SMILES string of the molecule is O=C(CC(F)(F)F)N1CCC(CBr)CC1. The molecule has 0 N–H and O–H groups in total.